The number of imide groups is 1. The van der Waals surface area contributed by atoms with Crippen LogP contribution >= 0.6 is 15.9 Å². The summed E-state index contributed by atoms with van der Waals surface area (Å²) in [7, 11) is -1.18. The Morgan fingerprint density at radius 1 is 1.33 bits per heavy atom. The van der Waals surface area contributed by atoms with E-state index in [1.165, 1.54) is 4.90 Å². The zero-order valence-corrected chi connectivity index (χ0v) is 20.4. The molecule has 1 aliphatic rings. The van der Waals surface area contributed by atoms with Crippen molar-refractivity contribution in [3.8, 4) is 0 Å². The Morgan fingerprint density at radius 3 is 2.52 bits per heavy atom. The van der Waals surface area contributed by atoms with Crippen LogP contribution in [-0.2, 0) is 14.3 Å². The standard InChI is InChI=1S/C20H37BrN2O3Si/c1-14(15(2)16(3)17(4)21)12-22-18-8-9-19(24)23(20(18)25)13-26-10-11-27(5,6)7/h15-18,22H,1,8-13H2,2-7H3/t15?,16-,17+,18?/m1/s1. The van der Waals surface area contributed by atoms with E-state index in [4.69, 9.17) is 4.74 Å². The number of piperidine rings is 1. The van der Waals surface area contributed by atoms with Gasteiger partial charge in [0.25, 0.3) is 0 Å². The fourth-order valence-corrected chi connectivity index (χ4v) is 4.10. The van der Waals surface area contributed by atoms with Crippen LogP contribution in [0.25, 0.3) is 0 Å². The average molecular weight is 462 g/mol. The number of carbonyl (C=O) groups is 2. The first-order chi connectivity index (χ1) is 12.4. The Hall–Kier alpha value is -0.503. The third-order valence-corrected chi connectivity index (χ3v) is 8.00. The molecule has 0 aromatic carbocycles. The highest BCUT2D eigenvalue weighted by Crippen LogP contribution is 2.26. The quantitative estimate of drug-likeness (QED) is 0.166. The van der Waals surface area contributed by atoms with Gasteiger partial charge in [0.2, 0.25) is 11.8 Å². The molecule has 27 heavy (non-hydrogen) atoms. The summed E-state index contributed by atoms with van der Waals surface area (Å²) in [5, 5.41) is 3.30. The summed E-state index contributed by atoms with van der Waals surface area (Å²) < 4.78 is 5.63. The smallest absolute Gasteiger partial charge is 0.248 e. The minimum absolute atomic E-state index is 0.0653. The van der Waals surface area contributed by atoms with Gasteiger partial charge in [0.05, 0.1) is 6.04 Å². The number of halogens is 1. The van der Waals surface area contributed by atoms with Crippen LogP contribution in [0, 0.1) is 11.8 Å². The van der Waals surface area contributed by atoms with Gasteiger partial charge in [0.15, 0.2) is 0 Å². The molecule has 4 atom stereocenters. The fraction of sp³-hybridized carbons (Fsp3) is 0.800. The summed E-state index contributed by atoms with van der Waals surface area (Å²) in [6.07, 6.45) is 0.910. The molecule has 0 spiro atoms. The minimum Gasteiger partial charge on any atom is -0.361 e. The molecule has 2 amide bonds. The van der Waals surface area contributed by atoms with Gasteiger partial charge in [-0.2, -0.15) is 0 Å². The van der Waals surface area contributed by atoms with Gasteiger partial charge >= 0.3 is 0 Å². The molecule has 1 rings (SSSR count). The molecule has 0 aromatic rings. The summed E-state index contributed by atoms with van der Waals surface area (Å²) in [6.45, 7) is 18.8. The van der Waals surface area contributed by atoms with Crippen LogP contribution in [0.4, 0.5) is 0 Å². The highest BCUT2D eigenvalue weighted by molar-refractivity contribution is 9.09. The molecule has 2 unspecified atom stereocenters. The second-order valence-electron chi connectivity index (χ2n) is 8.96. The van der Waals surface area contributed by atoms with E-state index in [0.717, 1.165) is 11.6 Å². The average Bonchev–Trinajstić information content (AvgIpc) is 2.57. The Labute approximate surface area is 174 Å². The molecule has 7 heteroatoms. The maximum Gasteiger partial charge on any atom is 0.248 e. The molecule has 1 aliphatic heterocycles. The number of hydrogen-bond acceptors (Lipinski definition) is 4. The lowest BCUT2D eigenvalue weighted by molar-refractivity contribution is -0.156. The molecule has 1 fully saturated rings. The van der Waals surface area contributed by atoms with Gasteiger partial charge in [0, 0.05) is 32.5 Å². The number of alkyl halides is 1. The lowest BCUT2D eigenvalue weighted by atomic mass is 9.87. The van der Waals surface area contributed by atoms with Crippen LogP contribution in [0.2, 0.25) is 25.7 Å². The maximum atomic E-state index is 12.7. The Balaban J connectivity index is 2.51. The van der Waals surface area contributed by atoms with Gasteiger partial charge in [-0.05, 0) is 24.3 Å². The molecule has 0 aliphatic carbocycles. The van der Waals surface area contributed by atoms with Crippen molar-refractivity contribution >= 4 is 35.8 Å². The van der Waals surface area contributed by atoms with Gasteiger partial charge in [0.1, 0.15) is 6.73 Å². The van der Waals surface area contributed by atoms with Crippen LogP contribution in [0.15, 0.2) is 12.2 Å². The molecule has 0 saturated carbocycles. The first-order valence-electron chi connectivity index (χ1n) is 9.91. The fourth-order valence-electron chi connectivity index (χ4n) is 2.88. The van der Waals surface area contributed by atoms with Crippen LogP contribution < -0.4 is 5.32 Å². The van der Waals surface area contributed by atoms with Crippen LogP contribution in [0.5, 0.6) is 0 Å². The van der Waals surface area contributed by atoms with E-state index in [1.807, 2.05) is 0 Å². The summed E-state index contributed by atoms with van der Waals surface area (Å²) in [5.74, 6) is 0.481. The SMILES string of the molecule is C=C(CNC1CCC(=O)N(COCC[Si](C)(C)C)C1=O)C(C)[C@@H](C)[C@H](C)Br. The molecule has 5 nitrogen and oxygen atoms in total. The largest absolute Gasteiger partial charge is 0.361 e. The van der Waals surface area contributed by atoms with Crippen molar-refractivity contribution in [2.24, 2.45) is 11.8 Å². The second-order valence-corrected chi connectivity index (χ2v) is 16.0. The molecule has 0 radical (unpaired) electrons. The number of nitrogens with zero attached hydrogens (tertiary/aromatic N) is 1. The van der Waals surface area contributed by atoms with Crippen LogP contribution in [-0.4, -0.2) is 55.5 Å². The summed E-state index contributed by atoms with van der Waals surface area (Å²) >= 11 is 3.63. The third-order valence-electron chi connectivity index (χ3n) is 5.46. The predicted octanol–water partition coefficient (Wildman–Crippen LogP) is 4.02. The van der Waals surface area contributed by atoms with E-state index in [1.54, 1.807) is 0 Å². The van der Waals surface area contributed by atoms with E-state index in [9.17, 15) is 9.59 Å². The van der Waals surface area contributed by atoms with Gasteiger partial charge < -0.3 is 10.1 Å². The number of likely N-dealkylation sites (tertiary alicyclic amines) is 1. The monoisotopic (exact) mass is 460 g/mol. The Morgan fingerprint density at radius 2 is 1.96 bits per heavy atom. The van der Waals surface area contributed by atoms with Gasteiger partial charge in [-0.15, -0.1) is 0 Å². The summed E-state index contributed by atoms with van der Waals surface area (Å²) in [6, 6.07) is 0.677. The summed E-state index contributed by atoms with van der Waals surface area (Å²) in [4.78, 5) is 26.5. The zero-order chi connectivity index (χ0) is 20.8. The number of nitrogens with one attached hydrogen (secondary N) is 1. The number of ether oxygens (including phenoxy) is 1. The van der Waals surface area contributed by atoms with E-state index in [2.05, 4.69) is 68.2 Å². The molecule has 0 aromatic heterocycles. The van der Waals surface area contributed by atoms with Crippen molar-refractivity contribution in [1.82, 2.24) is 10.2 Å². The van der Waals surface area contributed by atoms with Crippen molar-refractivity contribution in [2.75, 3.05) is 19.9 Å². The number of hydrogen-bond donors (Lipinski definition) is 1. The first kappa shape index (κ1) is 24.5. The highest BCUT2D eigenvalue weighted by Gasteiger charge is 2.34. The van der Waals surface area contributed by atoms with Crippen molar-refractivity contribution in [1.29, 1.82) is 0 Å². The lowest BCUT2D eigenvalue weighted by Gasteiger charge is -2.32. The number of amides is 2. The van der Waals surface area contributed by atoms with E-state index in [0.29, 0.717) is 42.7 Å². The second kappa shape index (κ2) is 10.9. The van der Waals surface area contributed by atoms with Crippen molar-refractivity contribution in [3.05, 3.63) is 12.2 Å². The molecule has 0 bridgehead atoms. The lowest BCUT2D eigenvalue weighted by Crippen LogP contribution is -2.54. The molecule has 1 N–H and O–H groups in total. The Bertz CT molecular complexity index is 534. The maximum absolute atomic E-state index is 12.7. The molecule has 1 heterocycles. The van der Waals surface area contributed by atoms with Crippen LogP contribution in [0.3, 0.4) is 0 Å². The number of rotatable bonds is 11. The van der Waals surface area contributed by atoms with Crippen molar-refractivity contribution in [2.45, 2.75) is 70.2 Å². The zero-order valence-electron chi connectivity index (χ0n) is 17.8. The normalized spacial score (nSPS) is 21.9. The van der Waals surface area contributed by atoms with E-state index >= 15 is 0 Å². The van der Waals surface area contributed by atoms with Crippen molar-refractivity contribution < 1.29 is 14.3 Å². The van der Waals surface area contributed by atoms with Crippen molar-refractivity contribution in [3.63, 3.8) is 0 Å². The highest BCUT2D eigenvalue weighted by atomic mass is 79.9. The first-order valence-corrected chi connectivity index (χ1v) is 14.5. The minimum atomic E-state index is -1.18. The predicted molar refractivity (Wildman–Crippen MR) is 118 cm³/mol. The molecular formula is C20H37BrN2O3Si. The topological polar surface area (TPSA) is 58.6 Å². The molecule has 156 valence electrons. The van der Waals surface area contributed by atoms with Gasteiger partial charge in [-0.25, -0.2) is 0 Å². The molecular weight excluding hydrogens is 424 g/mol. The number of carbonyl (C=O) groups excluding carboxylic acids is 2. The van der Waals surface area contributed by atoms with Crippen LogP contribution in [0.1, 0.15) is 33.6 Å². The Kier molecular flexibility index (Phi) is 9.89. The van der Waals surface area contributed by atoms with Gasteiger partial charge in [-0.1, -0.05) is 68.5 Å². The van der Waals surface area contributed by atoms with Gasteiger partial charge in [-0.3, -0.25) is 14.5 Å². The van der Waals surface area contributed by atoms with E-state index < -0.39 is 8.07 Å². The molecule has 1 saturated heterocycles. The summed E-state index contributed by atoms with van der Waals surface area (Å²) in [5.41, 5.74) is 1.08. The van der Waals surface area contributed by atoms with E-state index in [-0.39, 0.29) is 24.6 Å². The third kappa shape index (κ3) is 8.17.